The van der Waals surface area contributed by atoms with Gasteiger partial charge in [0.2, 0.25) is 5.91 Å². The summed E-state index contributed by atoms with van der Waals surface area (Å²) in [5.41, 5.74) is 2.23. The summed E-state index contributed by atoms with van der Waals surface area (Å²) in [6, 6.07) is 20.4. The highest BCUT2D eigenvalue weighted by molar-refractivity contribution is 7.12. The van der Waals surface area contributed by atoms with Gasteiger partial charge in [-0.2, -0.15) is 5.26 Å². The third-order valence-corrected chi connectivity index (χ3v) is 6.24. The topological polar surface area (TPSA) is 164 Å². The summed E-state index contributed by atoms with van der Waals surface area (Å²) in [6.45, 7) is -0.0407. The molecule has 0 fully saturated rings. The van der Waals surface area contributed by atoms with Crippen molar-refractivity contribution in [1.29, 1.82) is 5.26 Å². The fourth-order valence-corrected chi connectivity index (χ4v) is 4.27. The van der Waals surface area contributed by atoms with E-state index < -0.39 is 17.9 Å². The van der Waals surface area contributed by atoms with Crippen molar-refractivity contribution >= 4 is 40.7 Å². The molecule has 0 spiro atoms. The van der Waals surface area contributed by atoms with E-state index in [1.165, 1.54) is 17.4 Å². The molecule has 2 heterocycles. The van der Waals surface area contributed by atoms with E-state index in [-0.39, 0.29) is 30.1 Å². The Morgan fingerprint density at radius 1 is 0.974 bits per heavy atom. The number of para-hydroxylation sites is 1. The number of anilines is 2. The third-order valence-electron chi connectivity index (χ3n) is 5.37. The van der Waals surface area contributed by atoms with Gasteiger partial charge in [0.25, 0.3) is 5.91 Å². The van der Waals surface area contributed by atoms with E-state index in [1.807, 2.05) is 0 Å². The molecule has 190 valence electrons. The number of nitrogens with zero attached hydrogens (tertiary/aromatic N) is 2. The van der Waals surface area contributed by atoms with Gasteiger partial charge in [0.1, 0.15) is 17.4 Å². The SMILES string of the molecule is N#Cc1c(-c2cccc(NC(=O)CCNC(=O)O)c2)cc(-c2ccccc2O)nc1NC(=O)c1cccs1. The van der Waals surface area contributed by atoms with Gasteiger partial charge in [-0.25, -0.2) is 9.78 Å². The zero-order chi connectivity index (χ0) is 27.1. The lowest BCUT2D eigenvalue weighted by molar-refractivity contribution is -0.116. The highest BCUT2D eigenvalue weighted by atomic mass is 32.1. The van der Waals surface area contributed by atoms with Gasteiger partial charge in [0.05, 0.1) is 10.6 Å². The van der Waals surface area contributed by atoms with Gasteiger partial charge in [-0.3, -0.25) is 9.59 Å². The molecule has 38 heavy (non-hydrogen) atoms. The molecule has 0 bridgehead atoms. The molecule has 0 saturated heterocycles. The number of hydrogen-bond acceptors (Lipinski definition) is 7. The van der Waals surface area contributed by atoms with Crippen molar-refractivity contribution in [2.45, 2.75) is 6.42 Å². The zero-order valence-corrected chi connectivity index (χ0v) is 20.6. The number of phenolic OH excluding ortho intramolecular Hbond substituents is 1. The lowest BCUT2D eigenvalue weighted by atomic mass is 9.97. The number of phenols is 1. The fourth-order valence-electron chi connectivity index (χ4n) is 3.65. The van der Waals surface area contributed by atoms with E-state index in [9.17, 15) is 24.8 Å². The number of carbonyl (C=O) groups excluding carboxylic acids is 2. The van der Waals surface area contributed by atoms with Gasteiger partial charge in [0.15, 0.2) is 5.82 Å². The van der Waals surface area contributed by atoms with Gasteiger partial charge < -0.3 is 26.2 Å². The Balaban J connectivity index is 1.75. The van der Waals surface area contributed by atoms with E-state index in [0.717, 1.165) is 0 Å². The van der Waals surface area contributed by atoms with E-state index in [4.69, 9.17) is 5.11 Å². The molecule has 3 amide bonds. The van der Waals surface area contributed by atoms with Crippen LogP contribution in [0, 0.1) is 11.3 Å². The number of nitriles is 1. The number of amides is 3. The minimum Gasteiger partial charge on any atom is -0.507 e. The van der Waals surface area contributed by atoms with Crippen molar-refractivity contribution in [3.8, 4) is 34.2 Å². The summed E-state index contributed by atoms with van der Waals surface area (Å²) < 4.78 is 0. The second-order valence-corrected chi connectivity index (χ2v) is 8.90. The van der Waals surface area contributed by atoms with E-state index in [2.05, 4.69) is 27.0 Å². The second kappa shape index (κ2) is 11.7. The average Bonchev–Trinajstić information content (AvgIpc) is 3.44. The summed E-state index contributed by atoms with van der Waals surface area (Å²) in [7, 11) is 0. The number of aromatic nitrogens is 1. The van der Waals surface area contributed by atoms with Crippen molar-refractivity contribution in [3.63, 3.8) is 0 Å². The predicted octanol–water partition coefficient (Wildman–Crippen LogP) is 4.90. The number of nitrogens with one attached hydrogen (secondary N) is 3. The minimum atomic E-state index is -1.22. The molecule has 0 aliphatic rings. The zero-order valence-electron chi connectivity index (χ0n) is 19.8. The first-order valence-electron chi connectivity index (χ1n) is 11.3. The molecular weight excluding hydrogens is 506 g/mol. The van der Waals surface area contributed by atoms with Crippen LogP contribution in [0.1, 0.15) is 21.7 Å². The molecule has 4 rings (SSSR count). The number of carboxylic acid groups (broad SMARTS) is 1. The van der Waals surface area contributed by atoms with Crippen LogP contribution in [0.3, 0.4) is 0 Å². The van der Waals surface area contributed by atoms with E-state index >= 15 is 0 Å². The van der Waals surface area contributed by atoms with Gasteiger partial charge in [-0.15, -0.1) is 11.3 Å². The van der Waals surface area contributed by atoms with Crippen LogP contribution < -0.4 is 16.0 Å². The number of aromatic hydroxyl groups is 1. The predicted molar refractivity (Wildman–Crippen MR) is 143 cm³/mol. The maximum atomic E-state index is 12.8. The molecule has 0 unspecified atom stereocenters. The lowest BCUT2D eigenvalue weighted by Gasteiger charge is -2.15. The summed E-state index contributed by atoms with van der Waals surface area (Å²) in [5.74, 6) is -0.830. The number of hydrogen-bond donors (Lipinski definition) is 5. The smallest absolute Gasteiger partial charge is 0.404 e. The largest absolute Gasteiger partial charge is 0.507 e. The number of thiophene rings is 1. The molecule has 0 saturated carbocycles. The Bertz CT molecular complexity index is 1550. The number of carbonyl (C=O) groups is 3. The summed E-state index contributed by atoms with van der Waals surface area (Å²) in [6.07, 6.45) is -1.28. The maximum absolute atomic E-state index is 12.8. The van der Waals surface area contributed by atoms with Crippen LogP contribution in [0.2, 0.25) is 0 Å². The number of pyridine rings is 1. The van der Waals surface area contributed by atoms with Crippen molar-refractivity contribution in [1.82, 2.24) is 10.3 Å². The molecule has 10 nitrogen and oxygen atoms in total. The van der Waals surface area contributed by atoms with Crippen LogP contribution >= 0.6 is 11.3 Å². The first-order chi connectivity index (χ1) is 18.4. The second-order valence-electron chi connectivity index (χ2n) is 7.95. The van der Waals surface area contributed by atoms with Crippen LogP contribution in [-0.2, 0) is 4.79 Å². The Morgan fingerprint density at radius 2 is 1.79 bits per heavy atom. The normalized spacial score (nSPS) is 10.3. The third kappa shape index (κ3) is 6.13. The van der Waals surface area contributed by atoms with Crippen molar-refractivity contribution in [2.75, 3.05) is 17.2 Å². The first kappa shape index (κ1) is 25.9. The Morgan fingerprint density at radius 3 is 2.50 bits per heavy atom. The van der Waals surface area contributed by atoms with Crippen LogP contribution in [0.15, 0.2) is 72.1 Å². The van der Waals surface area contributed by atoms with Gasteiger partial charge in [-0.05, 0) is 47.3 Å². The molecule has 2 aromatic heterocycles. The molecule has 11 heteroatoms. The van der Waals surface area contributed by atoms with Gasteiger partial charge in [-0.1, -0.05) is 30.3 Å². The van der Waals surface area contributed by atoms with Crippen LogP contribution in [-0.4, -0.2) is 39.6 Å². The monoisotopic (exact) mass is 527 g/mol. The lowest BCUT2D eigenvalue weighted by Crippen LogP contribution is -2.25. The maximum Gasteiger partial charge on any atom is 0.404 e. The molecule has 0 atom stereocenters. The molecule has 2 aromatic carbocycles. The highest BCUT2D eigenvalue weighted by Gasteiger charge is 2.20. The van der Waals surface area contributed by atoms with Gasteiger partial charge in [0, 0.05) is 29.8 Å². The van der Waals surface area contributed by atoms with Crippen molar-refractivity contribution < 1.29 is 24.6 Å². The summed E-state index contributed by atoms with van der Waals surface area (Å²) in [5, 5.41) is 38.5. The highest BCUT2D eigenvalue weighted by Crippen LogP contribution is 2.36. The first-order valence-corrected chi connectivity index (χ1v) is 12.2. The minimum absolute atomic E-state index is 0.0239. The van der Waals surface area contributed by atoms with Crippen LogP contribution in [0.5, 0.6) is 5.75 Å². The quantitative estimate of drug-likeness (QED) is 0.217. The fraction of sp³-hybridized carbons (Fsp3) is 0.0741. The number of benzene rings is 2. The number of rotatable bonds is 8. The Kier molecular flexibility index (Phi) is 7.95. The van der Waals surface area contributed by atoms with Gasteiger partial charge >= 0.3 is 6.09 Å². The summed E-state index contributed by atoms with van der Waals surface area (Å²) >= 11 is 1.24. The van der Waals surface area contributed by atoms with Crippen molar-refractivity contribution in [3.05, 3.63) is 82.6 Å². The molecule has 0 aliphatic carbocycles. The molecule has 0 radical (unpaired) electrons. The molecule has 0 aliphatic heterocycles. The van der Waals surface area contributed by atoms with E-state index in [1.54, 1.807) is 66.0 Å². The van der Waals surface area contributed by atoms with E-state index in [0.29, 0.717) is 32.9 Å². The Labute approximate surface area is 221 Å². The molecular formula is C27H21N5O5S. The van der Waals surface area contributed by atoms with Crippen LogP contribution in [0.25, 0.3) is 22.4 Å². The Hall–Kier alpha value is -5.21. The molecule has 5 N–H and O–H groups in total. The molecule has 4 aromatic rings. The standard InChI is InChI=1S/C27H21N5O5S/c28-15-20-19(16-5-3-6-17(13-16)30-24(34)10-11-29-27(36)37)14-21(18-7-1-2-8-22(18)33)31-25(20)32-26(35)23-9-4-12-38-23/h1-9,12-14,29,33H,10-11H2,(H,30,34)(H,36,37)(H,31,32,35). The average molecular weight is 528 g/mol. The van der Waals surface area contributed by atoms with Crippen LogP contribution in [0.4, 0.5) is 16.3 Å². The summed E-state index contributed by atoms with van der Waals surface area (Å²) in [4.78, 5) is 40.6. The van der Waals surface area contributed by atoms with Crippen molar-refractivity contribution in [2.24, 2.45) is 0 Å².